The van der Waals surface area contributed by atoms with Crippen molar-refractivity contribution in [2.45, 2.75) is 44.3 Å². The Morgan fingerprint density at radius 3 is 3.06 bits per heavy atom. The Morgan fingerprint density at radius 1 is 1.59 bits per heavy atom. The van der Waals surface area contributed by atoms with Crippen molar-refractivity contribution in [2.24, 2.45) is 0 Å². The molecule has 3 nitrogen and oxygen atoms in total. The maximum absolute atomic E-state index is 13.0. The van der Waals surface area contributed by atoms with E-state index in [0.717, 1.165) is 32.1 Å². The van der Waals surface area contributed by atoms with E-state index in [1.54, 1.807) is 6.92 Å². The standard InChI is InChI=1S/C13H18FNO2/c1-13(16,5-4-12-3-2-6-17-12)10-7-11(14)9-15-8-10/h7-9,12,16H,2-6H2,1H3. The van der Waals surface area contributed by atoms with E-state index < -0.39 is 11.4 Å². The molecule has 2 unspecified atom stereocenters. The minimum atomic E-state index is -1.04. The Labute approximate surface area is 101 Å². The number of pyridine rings is 1. The summed E-state index contributed by atoms with van der Waals surface area (Å²) in [5.74, 6) is -0.417. The van der Waals surface area contributed by atoms with Crippen LogP contribution < -0.4 is 0 Å². The summed E-state index contributed by atoms with van der Waals surface area (Å²) in [7, 11) is 0. The van der Waals surface area contributed by atoms with Gasteiger partial charge >= 0.3 is 0 Å². The van der Waals surface area contributed by atoms with E-state index in [9.17, 15) is 9.50 Å². The smallest absolute Gasteiger partial charge is 0.141 e. The number of ether oxygens (including phenoxy) is 1. The van der Waals surface area contributed by atoms with Crippen LogP contribution in [0, 0.1) is 5.82 Å². The predicted molar refractivity (Wildman–Crippen MR) is 62.0 cm³/mol. The lowest BCUT2D eigenvalue weighted by molar-refractivity contribution is 0.0216. The van der Waals surface area contributed by atoms with E-state index in [0.29, 0.717) is 12.0 Å². The molecule has 4 heteroatoms. The zero-order valence-corrected chi connectivity index (χ0v) is 10.0. The number of hydrogen-bond acceptors (Lipinski definition) is 3. The Balaban J connectivity index is 1.97. The Morgan fingerprint density at radius 2 is 2.41 bits per heavy atom. The monoisotopic (exact) mass is 239 g/mol. The lowest BCUT2D eigenvalue weighted by Crippen LogP contribution is -2.23. The average Bonchev–Trinajstić information content (AvgIpc) is 2.79. The van der Waals surface area contributed by atoms with Gasteiger partial charge < -0.3 is 9.84 Å². The number of hydrogen-bond donors (Lipinski definition) is 1. The Hall–Kier alpha value is -1.00. The highest BCUT2D eigenvalue weighted by atomic mass is 19.1. The first-order valence-electron chi connectivity index (χ1n) is 6.03. The molecule has 2 rings (SSSR count). The molecule has 1 fully saturated rings. The molecular formula is C13H18FNO2. The second-order valence-electron chi connectivity index (χ2n) is 4.84. The maximum atomic E-state index is 13.0. The van der Waals surface area contributed by atoms with E-state index in [1.165, 1.54) is 12.3 Å². The maximum Gasteiger partial charge on any atom is 0.141 e. The van der Waals surface area contributed by atoms with Crippen LogP contribution in [0.1, 0.15) is 38.2 Å². The molecule has 0 aromatic carbocycles. The van der Waals surface area contributed by atoms with Crippen LogP contribution in [-0.2, 0) is 10.3 Å². The normalized spacial score (nSPS) is 23.6. The van der Waals surface area contributed by atoms with Crippen molar-refractivity contribution in [3.05, 3.63) is 29.8 Å². The minimum Gasteiger partial charge on any atom is -0.385 e. The molecule has 0 spiro atoms. The molecular weight excluding hydrogens is 221 g/mol. The zero-order valence-electron chi connectivity index (χ0n) is 10.0. The van der Waals surface area contributed by atoms with Gasteiger partial charge in [-0.25, -0.2) is 4.39 Å². The van der Waals surface area contributed by atoms with E-state index >= 15 is 0 Å². The zero-order chi connectivity index (χ0) is 12.3. The van der Waals surface area contributed by atoms with Crippen LogP contribution >= 0.6 is 0 Å². The average molecular weight is 239 g/mol. The molecule has 1 saturated heterocycles. The third kappa shape index (κ3) is 3.23. The largest absolute Gasteiger partial charge is 0.385 e. The van der Waals surface area contributed by atoms with Crippen LogP contribution in [-0.4, -0.2) is 22.8 Å². The highest BCUT2D eigenvalue weighted by Gasteiger charge is 2.26. The van der Waals surface area contributed by atoms with Crippen LogP contribution in [0.5, 0.6) is 0 Å². The fourth-order valence-electron chi connectivity index (χ4n) is 2.16. The molecule has 0 bridgehead atoms. The Kier molecular flexibility index (Phi) is 3.74. The molecule has 0 aliphatic carbocycles. The van der Waals surface area contributed by atoms with Gasteiger partial charge in [0, 0.05) is 18.4 Å². The highest BCUT2D eigenvalue weighted by molar-refractivity contribution is 5.17. The molecule has 1 aromatic heterocycles. The van der Waals surface area contributed by atoms with Crippen LogP contribution in [0.2, 0.25) is 0 Å². The van der Waals surface area contributed by atoms with Crippen molar-refractivity contribution >= 4 is 0 Å². The van der Waals surface area contributed by atoms with Gasteiger partial charge in [-0.3, -0.25) is 4.98 Å². The third-order valence-electron chi connectivity index (χ3n) is 3.30. The lowest BCUT2D eigenvalue weighted by atomic mass is 9.90. The third-order valence-corrected chi connectivity index (χ3v) is 3.30. The van der Waals surface area contributed by atoms with Crippen molar-refractivity contribution in [3.63, 3.8) is 0 Å². The van der Waals surface area contributed by atoms with E-state index in [-0.39, 0.29) is 6.10 Å². The van der Waals surface area contributed by atoms with Crippen molar-refractivity contribution in [1.82, 2.24) is 4.98 Å². The van der Waals surface area contributed by atoms with Gasteiger partial charge in [-0.1, -0.05) is 0 Å². The number of aromatic nitrogens is 1. The molecule has 1 N–H and O–H groups in total. The summed E-state index contributed by atoms with van der Waals surface area (Å²) in [5.41, 5.74) is -0.517. The van der Waals surface area contributed by atoms with Gasteiger partial charge in [0.15, 0.2) is 0 Å². The van der Waals surface area contributed by atoms with Gasteiger partial charge in [-0.15, -0.1) is 0 Å². The molecule has 1 aromatic rings. The first-order valence-corrected chi connectivity index (χ1v) is 6.03. The molecule has 0 amide bonds. The lowest BCUT2D eigenvalue weighted by Gasteiger charge is -2.24. The van der Waals surface area contributed by atoms with E-state index in [2.05, 4.69) is 4.98 Å². The number of aliphatic hydroxyl groups is 1. The molecule has 94 valence electrons. The SMILES string of the molecule is CC(O)(CCC1CCCO1)c1cncc(F)c1. The predicted octanol–water partition coefficient (Wildman–Crippen LogP) is 2.39. The molecule has 2 heterocycles. The summed E-state index contributed by atoms with van der Waals surface area (Å²) in [6.45, 7) is 2.51. The van der Waals surface area contributed by atoms with Gasteiger partial charge in [0.05, 0.1) is 17.9 Å². The van der Waals surface area contributed by atoms with Gasteiger partial charge in [0.25, 0.3) is 0 Å². The summed E-state index contributed by atoms with van der Waals surface area (Å²) >= 11 is 0. The van der Waals surface area contributed by atoms with Gasteiger partial charge in [0.2, 0.25) is 0 Å². The van der Waals surface area contributed by atoms with Crippen LogP contribution in [0.15, 0.2) is 18.5 Å². The van der Waals surface area contributed by atoms with E-state index in [1.807, 2.05) is 0 Å². The van der Waals surface area contributed by atoms with Crippen LogP contribution in [0.4, 0.5) is 4.39 Å². The second-order valence-corrected chi connectivity index (χ2v) is 4.84. The number of nitrogens with zero attached hydrogens (tertiary/aromatic N) is 1. The van der Waals surface area contributed by atoms with Crippen molar-refractivity contribution in [1.29, 1.82) is 0 Å². The molecule has 1 aliphatic rings. The fourth-order valence-corrected chi connectivity index (χ4v) is 2.16. The number of rotatable bonds is 4. The summed E-state index contributed by atoms with van der Waals surface area (Å²) in [5, 5.41) is 10.3. The number of halogens is 1. The van der Waals surface area contributed by atoms with Crippen LogP contribution in [0.3, 0.4) is 0 Å². The molecule has 1 aliphatic heterocycles. The van der Waals surface area contributed by atoms with Crippen molar-refractivity contribution in [3.8, 4) is 0 Å². The highest BCUT2D eigenvalue weighted by Crippen LogP contribution is 2.28. The molecule has 0 radical (unpaired) electrons. The molecule has 0 saturated carbocycles. The topological polar surface area (TPSA) is 42.4 Å². The second kappa shape index (κ2) is 5.10. The Bertz CT molecular complexity index is 375. The summed E-state index contributed by atoms with van der Waals surface area (Å²) in [4.78, 5) is 3.76. The summed E-state index contributed by atoms with van der Waals surface area (Å²) in [6.07, 6.45) is 6.39. The summed E-state index contributed by atoms with van der Waals surface area (Å²) in [6, 6.07) is 1.34. The summed E-state index contributed by atoms with van der Waals surface area (Å²) < 4.78 is 18.5. The van der Waals surface area contributed by atoms with Crippen LogP contribution in [0.25, 0.3) is 0 Å². The van der Waals surface area contributed by atoms with Gasteiger partial charge in [0.1, 0.15) is 5.82 Å². The molecule has 17 heavy (non-hydrogen) atoms. The van der Waals surface area contributed by atoms with Crippen molar-refractivity contribution < 1.29 is 14.2 Å². The molecule has 2 atom stereocenters. The van der Waals surface area contributed by atoms with Crippen molar-refractivity contribution in [2.75, 3.05) is 6.61 Å². The van der Waals surface area contributed by atoms with E-state index in [4.69, 9.17) is 4.74 Å². The first-order chi connectivity index (χ1) is 8.08. The van der Waals surface area contributed by atoms with Gasteiger partial charge in [-0.05, 0) is 38.7 Å². The van der Waals surface area contributed by atoms with Gasteiger partial charge in [-0.2, -0.15) is 0 Å². The minimum absolute atomic E-state index is 0.239. The first kappa shape index (κ1) is 12.5. The fraction of sp³-hybridized carbons (Fsp3) is 0.615. The quantitative estimate of drug-likeness (QED) is 0.877.